The predicted octanol–water partition coefficient (Wildman–Crippen LogP) is 2.11. The van der Waals surface area contributed by atoms with Gasteiger partial charge in [0, 0.05) is 25.4 Å². The van der Waals surface area contributed by atoms with Gasteiger partial charge in [0.2, 0.25) is 0 Å². The molecule has 0 atom stereocenters. The summed E-state index contributed by atoms with van der Waals surface area (Å²) in [5.74, 6) is 0.762. The number of carbonyl (C=O) groups excluding carboxylic acids is 2. The van der Waals surface area contributed by atoms with Crippen LogP contribution in [-0.4, -0.2) is 29.7 Å². The summed E-state index contributed by atoms with van der Waals surface area (Å²) in [5, 5.41) is 0. The molecule has 1 aliphatic heterocycles. The fourth-order valence-electron chi connectivity index (χ4n) is 2.25. The van der Waals surface area contributed by atoms with Crippen LogP contribution in [0.5, 0.6) is 0 Å². The summed E-state index contributed by atoms with van der Waals surface area (Å²) >= 11 is 0. The van der Waals surface area contributed by atoms with Gasteiger partial charge in [-0.1, -0.05) is 6.92 Å². The average Bonchev–Trinajstić information content (AvgIpc) is 2.91. The maximum atomic E-state index is 12.0. The molecule has 1 aromatic heterocycles. The van der Waals surface area contributed by atoms with Crippen molar-refractivity contribution < 1.29 is 14.0 Å². The Morgan fingerprint density at radius 2 is 2.12 bits per heavy atom. The van der Waals surface area contributed by atoms with E-state index in [4.69, 9.17) is 4.42 Å². The van der Waals surface area contributed by atoms with Crippen LogP contribution in [0.1, 0.15) is 36.7 Å². The Morgan fingerprint density at radius 3 is 2.65 bits per heavy atom. The van der Waals surface area contributed by atoms with Crippen molar-refractivity contribution in [3.8, 4) is 0 Å². The number of amides is 1. The minimum atomic E-state index is -0.0719. The standard InChI is InChI=1S/C13H17NO3/c1-2-11(15)10-5-7-14(8-6-10)13(16)12-4-3-9-17-12/h3-4,9-10H,2,5-8H2,1H3. The summed E-state index contributed by atoms with van der Waals surface area (Å²) in [4.78, 5) is 25.3. The Morgan fingerprint density at radius 1 is 1.41 bits per heavy atom. The monoisotopic (exact) mass is 235 g/mol. The van der Waals surface area contributed by atoms with Crippen LogP contribution < -0.4 is 0 Å². The van der Waals surface area contributed by atoms with Crippen LogP contribution >= 0.6 is 0 Å². The van der Waals surface area contributed by atoms with Crippen molar-refractivity contribution in [1.82, 2.24) is 4.90 Å². The number of furan rings is 1. The highest BCUT2D eigenvalue weighted by Gasteiger charge is 2.27. The second kappa shape index (κ2) is 5.17. The van der Waals surface area contributed by atoms with Crippen molar-refractivity contribution in [3.63, 3.8) is 0 Å². The van der Waals surface area contributed by atoms with Crippen molar-refractivity contribution in [2.24, 2.45) is 5.92 Å². The van der Waals surface area contributed by atoms with Crippen molar-refractivity contribution in [2.75, 3.05) is 13.1 Å². The molecule has 2 heterocycles. The van der Waals surface area contributed by atoms with E-state index in [2.05, 4.69) is 0 Å². The molecule has 17 heavy (non-hydrogen) atoms. The lowest BCUT2D eigenvalue weighted by atomic mass is 9.91. The van der Waals surface area contributed by atoms with Crippen LogP contribution in [0.15, 0.2) is 22.8 Å². The largest absolute Gasteiger partial charge is 0.459 e. The third kappa shape index (κ3) is 2.57. The highest BCUT2D eigenvalue weighted by Crippen LogP contribution is 2.20. The summed E-state index contributed by atoms with van der Waals surface area (Å²) in [5.41, 5.74) is 0. The smallest absolute Gasteiger partial charge is 0.289 e. The number of nitrogens with zero attached hydrogens (tertiary/aromatic N) is 1. The summed E-state index contributed by atoms with van der Waals surface area (Å²) < 4.78 is 5.09. The molecule has 0 saturated carbocycles. The summed E-state index contributed by atoms with van der Waals surface area (Å²) in [7, 11) is 0. The maximum absolute atomic E-state index is 12.0. The van der Waals surface area contributed by atoms with Gasteiger partial charge in [-0.3, -0.25) is 9.59 Å². The van der Waals surface area contributed by atoms with Gasteiger partial charge < -0.3 is 9.32 Å². The molecule has 0 unspecified atom stereocenters. The molecule has 0 spiro atoms. The SMILES string of the molecule is CCC(=O)C1CCN(C(=O)c2ccco2)CC1. The molecule has 0 radical (unpaired) electrons. The minimum absolute atomic E-state index is 0.0719. The number of hydrogen-bond donors (Lipinski definition) is 0. The third-order valence-corrected chi connectivity index (χ3v) is 3.32. The molecular formula is C13H17NO3. The third-order valence-electron chi connectivity index (χ3n) is 3.32. The second-order valence-corrected chi connectivity index (χ2v) is 4.36. The zero-order valence-electron chi connectivity index (χ0n) is 10.0. The Balaban J connectivity index is 1.91. The van der Waals surface area contributed by atoms with Crippen molar-refractivity contribution in [3.05, 3.63) is 24.2 Å². The van der Waals surface area contributed by atoms with Crippen LogP contribution in [0.2, 0.25) is 0 Å². The van der Waals surface area contributed by atoms with Crippen LogP contribution in [-0.2, 0) is 4.79 Å². The van der Waals surface area contributed by atoms with E-state index in [0.29, 0.717) is 31.1 Å². The van der Waals surface area contributed by atoms with Gasteiger partial charge in [0.05, 0.1) is 6.26 Å². The lowest BCUT2D eigenvalue weighted by molar-refractivity contribution is -0.123. The van der Waals surface area contributed by atoms with Gasteiger partial charge in [0.1, 0.15) is 5.78 Å². The lowest BCUT2D eigenvalue weighted by Crippen LogP contribution is -2.40. The zero-order valence-corrected chi connectivity index (χ0v) is 10.0. The molecule has 4 nitrogen and oxygen atoms in total. The molecule has 0 N–H and O–H groups in total. The van der Waals surface area contributed by atoms with Gasteiger partial charge >= 0.3 is 0 Å². The molecule has 0 bridgehead atoms. The molecule has 1 amide bonds. The van der Waals surface area contributed by atoms with Gasteiger partial charge in [-0.05, 0) is 25.0 Å². The van der Waals surface area contributed by atoms with Crippen molar-refractivity contribution >= 4 is 11.7 Å². The lowest BCUT2D eigenvalue weighted by Gasteiger charge is -2.30. The Bertz CT molecular complexity index is 389. The summed E-state index contributed by atoms with van der Waals surface area (Å²) in [6, 6.07) is 3.38. The van der Waals surface area contributed by atoms with Gasteiger partial charge in [-0.25, -0.2) is 0 Å². The minimum Gasteiger partial charge on any atom is -0.459 e. The fourth-order valence-corrected chi connectivity index (χ4v) is 2.25. The van der Waals surface area contributed by atoms with Gasteiger partial charge in [0.15, 0.2) is 5.76 Å². The Labute approximate surface area is 101 Å². The van der Waals surface area contributed by atoms with E-state index in [-0.39, 0.29) is 11.8 Å². The molecule has 1 fully saturated rings. The van der Waals surface area contributed by atoms with Crippen LogP contribution in [0.25, 0.3) is 0 Å². The zero-order chi connectivity index (χ0) is 12.3. The van der Waals surface area contributed by atoms with E-state index in [1.165, 1.54) is 6.26 Å². The normalized spacial score (nSPS) is 17.1. The number of hydrogen-bond acceptors (Lipinski definition) is 3. The number of ketones is 1. The maximum Gasteiger partial charge on any atom is 0.289 e. The quantitative estimate of drug-likeness (QED) is 0.806. The molecule has 4 heteroatoms. The fraction of sp³-hybridized carbons (Fsp3) is 0.538. The summed E-state index contributed by atoms with van der Waals surface area (Å²) in [6.45, 7) is 3.19. The molecule has 1 saturated heterocycles. The second-order valence-electron chi connectivity index (χ2n) is 4.36. The molecule has 1 aliphatic rings. The van der Waals surface area contributed by atoms with Crippen LogP contribution in [0, 0.1) is 5.92 Å². The first kappa shape index (κ1) is 11.9. The van der Waals surface area contributed by atoms with E-state index in [0.717, 1.165) is 12.8 Å². The van der Waals surface area contributed by atoms with Crippen LogP contribution in [0.4, 0.5) is 0 Å². The predicted molar refractivity (Wildman–Crippen MR) is 62.6 cm³/mol. The number of carbonyl (C=O) groups is 2. The van der Waals surface area contributed by atoms with E-state index < -0.39 is 0 Å². The molecule has 0 aromatic carbocycles. The highest BCUT2D eigenvalue weighted by molar-refractivity contribution is 5.91. The Kier molecular flexibility index (Phi) is 3.61. The average molecular weight is 235 g/mol. The molecular weight excluding hydrogens is 218 g/mol. The number of Topliss-reactive ketones (excluding diaryl/α,β-unsaturated/α-hetero) is 1. The number of rotatable bonds is 3. The molecule has 2 rings (SSSR count). The Hall–Kier alpha value is -1.58. The topological polar surface area (TPSA) is 50.5 Å². The number of piperidine rings is 1. The van der Waals surface area contributed by atoms with Crippen LogP contribution in [0.3, 0.4) is 0 Å². The van der Waals surface area contributed by atoms with E-state index >= 15 is 0 Å². The summed E-state index contributed by atoms with van der Waals surface area (Å²) in [6.07, 6.45) is 3.65. The molecule has 0 aliphatic carbocycles. The van der Waals surface area contributed by atoms with Crippen molar-refractivity contribution in [2.45, 2.75) is 26.2 Å². The first-order valence-corrected chi connectivity index (χ1v) is 6.08. The van der Waals surface area contributed by atoms with E-state index in [1.54, 1.807) is 17.0 Å². The van der Waals surface area contributed by atoms with Crippen molar-refractivity contribution in [1.29, 1.82) is 0 Å². The van der Waals surface area contributed by atoms with Gasteiger partial charge in [-0.15, -0.1) is 0 Å². The molecule has 92 valence electrons. The van der Waals surface area contributed by atoms with Gasteiger partial charge in [-0.2, -0.15) is 0 Å². The van der Waals surface area contributed by atoms with E-state index in [9.17, 15) is 9.59 Å². The first-order chi connectivity index (χ1) is 8.22. The highest BCUT2D eigenvalue weighted by atomic mass is 16.3. The first-order valence-electron chi connectivity index (χ1n) is 6.08. The molecule has 1 aromatic rings. The number of likely N-dealkylation sites (tertiary alicyclic amines) is 1. The van der Waals surface area contributed by atoms with Gasteiger partial charge in [0.25, 0.3) is 5.91 Å². The van der Waals surface area contributed by atoms with E-state index in [1.807, 2.05) is 6.92 Å².